The number of hydrogen-bond donors (Lipinski definition) is 1. The molecule has 0 saturated carbocycles. The topological polar surface area (TPSA) is 24.9 Å². The summed E-state index contributed by atoms with van der Waals surface area (Å²) in [5.41, 5.74) is 1.34. The van der Waals surface area contributed by atoms with Gasteiger partial charge in [0.25, 0.3) is 0 Å². The summed E-state index contributed by atoms with van der Waals surface area (Å²) in [6.07, 6.45) is 4.69. The van der Waals surface area contributed by atoms with Crippen LogP contribution in [-0.4, -0.2) is 11.5 Å². The fraction of sp³-hybridized carbons (Fsp3) is 0.812. The molecule has 1 aromatic rings. The predicted octanol–water partition coefficient (Wildman–Crippen LogP) is 4.43. The molecule has 110 valence electrons. The second-order valence-corrected chi connectivity index (χ2v) is 7.35. The first-order chi connectivity index (χ1) is 9.02. The molecule has 0 saturated heterocycles. The van der Waals surface area contributed by atoms with Crippen LogP contribution in [0.15, 0.2) is 0 Å². The molecule has 0 fully saturated rings. The van der Waals surface area contributed by atoms with Gasteiger partial charge < -0.3 is 5.32 Å². The van der Waals surface area contributed by atoms with Gasteiger partial charge in [-0.3, -0.25) is 0 Å². The number of nitrogens with zero attached hydrogens (tertiary/aromatic N) is 1. The Kier molecular flexibility index (Phi) is 7.62. The van der Waals surface area contributed by atoms with Crippen LogP contribution in [0, 0.1) is 11.8 Å². The summed E-state index contributed by atoms with van der Waals surface area (Å²) >= 11 is 1.92. The van der Waals surface area contributed by atoms with Crippen LogP contribution in [0.4, 0.5) is 0 Å². The van der Waals surface area contributed by atoms with Gasteiger partial charge in [0, 0.05) is 11.4 Å². The van der Waals surface area contributed by atoms with Gasteiger partial charge in [0.2, 0.25) is 0 Å². The van der Waals surface area contributed by atoms with Crippen LogP contribution in [0.2, 0.25) is 0 Å². The van der Waals surface area contributed by atoms with Gasteiger partial charge in [-0.05, 0) is 44.1 Å². The highest BCUT2D eigenvalue weighted by atomic mass is 32.1. The SMILES string of the molecule is CCCNCc1sc(CCC(C)C)nc1CC(C)C. The van der Waals surface area contributed by atoms with Crippen molar-refractivity contribution in [2.75, 3.05) is 6.54 Å². The third-order valence-corrected chi connectivity index (χ3v) is 4.23. The van der Waals surface area contributed by atoms with E-state index < -0.39 is 0 Å². The number of hydrogen-bond acceptors (Lipinski definition) is 3. The second kappa shape index (κ2) is 8.70. The molecular formula is C16H30N2S. The fourth-order valence-electron chi connectivity index (χ4n) is 2.02. The van der Waals surface area contributed by atoms with E-state index in [1.807, 2.05) is 11.3 Å². The number of thiazole rings is 1. The summed E-state index contributed by atoms with van der Waals surface area (Å²) in [6.45, 7) is 13.4. The van der Waals surface area contributed by atoms with Gasteiger partial charge in [0.05, 0.1) is 10.7 Å². The van der Waals surface area contributed by atoms with Gasteiger partial charge in [-0.15, -0.1) is 11.3 Å². The van der Waals surface area contributed by atoms with Crippen molar-refractivity contribution in [3.63, 3.8) is 0 Å². The minimum absolute atomic E-state index is 0.685. The molecule has 1 rings (SSSR count). The number of nitrogens with one attached hydrogen (secondary N) is 1. The smallest absolute Gasteiger partial charge is 0.0931 e. The first kappa shape index (κ1) is 16.6. The maximum atomic E-state index is 4.88. The standard InChI is InChI=1S/C16H30N2S/c1-6-9-17-11-15-14(10-13(4)5)18-16(19-15)8-7-12(2)3/h12-13,17H,6-11H2,1-5H3. The molecule has 1 heterocycles. The Bertz CT molecular complexity index is 356. The van der Waals surface area contributed by atoms with E-state index in [4.69, 9.17) is 4.98 Å². The zero-order valence-electron chi connectivity index (χ0n) is 13.3. The molecule has 0 unspecified atom stereocenters. The van der Waals surface area contributed by atoms with Crippen LogP contribution in [0.5, 0.6) is 0 Å². The zero-order valence-corrected chi connectivity index (χ0v) is 14.1. The van der Waals surface area contributed by atoms with Crippen LogP contribution < -0.4 is 5.32 Å². The zero-order chi connectivity index (χ0) is 14.3. The summed E-state index contributed by atoms with van der Waals surface area (Å²) in [5.74, 6) is 1.45. The van der Waals surface area contributed by atoms with Crippen molar-refractivity contribution >= 4 is 11.3 Å². The van der Waals surface area contributed by atoms with Crippen LogP contribution >= 0.6 is 11.3 Å². The van der Waals surface area contributed by atoms with Crippen molar-refractivity contribution in [1.29, 1.82) is 0 Å². The Hall–Kier alpha value is -0.410. The number of rotatable bonds is 9. The second-order valence-electron chi connectivity index (χ2n) is 6.18. The van der Waals surface area contributed by atoms with Crippen molar-refractivity contribution < 1.29 is 0 Å². The van der Waals surface area contributed by atoms with Gasteiger partial charge >= 0.3 is 0 Å². The Morgan fingerprint density at radius 2 is 1.89 bits per heavy atom. The first-order valence-corrected chi connectivity index (χ1v) is 8.52. The van der Waals surface area contributed by atoms with E-state index in [2.05, 4.69) is 39.9 Å². The van der Waals surface area contributed by atoms with Crippen LogP contribution in [-0.2, 0) is 19.4 Å². The lowest BCUT2D eigenvalue weighted by atomic mass is 10.1. The highest BCUT2D eigenvalue weighted by molar-refractivity contribution is 7.11. The lowest BCUT2D eigenvalue weighted by Crippen LogP contribution is -2.14. The lowest BCUT2D eigenvalue weighted by Gasteiger charge is -2.05. The highest BCUT2D eigenvalue weighted by Crippen LogP contribution is 2.23. The minimum atomic E-state index is 0.685. The summed E-state index contributed by atoms with van der Waals surface area (Å²) in [6, 6.07) is 0. The maximum Gasteiger partial charge on any atom is 0.0931 e. The summed E-state index contributed by atoms with van der Waals surface area (Å²) < 4.78 is 0. The van der Waals surface area contributed by atoms with E-state index in [0.717, 1.165) is 31.8 Å². The first-order valence-electron chi connectivity index (χ1n) is 7.71. The Labute approximate surface area is 123 Å². The minimum Gasteiger partial charge on any atom is -0.312 e. The van der Waals surface area contributed by atoms with Gasteiger partial charge in [-0.25, -0.2) is 4.98 Å². The Morgan fingerprint density at radius 3 is 2.47 bits per heavy atom. The number of aromatic nitrogens is 1. The van der Waals surface area contributed by atoms with Crippen molar-refractivity contribution in [3.8, 4) is 0 Å². The highest BCUT2D eigenvalue weighted by Gasteiger charge is 2.12. The van der Waals surface area contributed by atoms with Gasteiger partial charge in [0.15, 0.2) is 0 Å². The third kappa shape index (κ3) is 6.53. The molecule has 0 amide bonds. The third-order valence-electron chi connectivity index (χ3n) is 3.07. The molecule has 0 bridgehead atoms. The average Bonchev–Trinajstić information content (AvgIpc) is 2.69. The van der Waals surface area contributed by atoms with Crippen molar-refractivity contribution in [3.05, 3.63) is 15.6 Å². The van der Waals surface area contributed by atoms with E-state index in [1.165, 1.54) is 28.4 Å². The van der Waals surface area contributed by atoms with Crippen LogP contribution in [0.3, 0.4) is 0 Å². The van der Waals surface area contributed by atoms with Gasteiger partial charge in [-0.2, -0.15) is 0 Å². The van der Waals surface area contributed by atoms with E-state index in [1.54, 1.807) is 0 Å². The molecule has 0 spiro atoms. The molecule has 0 aliphatic heterocycles. The van der Waals surface area contributed by atoms with E-state index >= 15 is 0 Å². The Balaban J connectivity index is 2.67. The summed E-state index contributed by atoms with van der Waals surface area (Å²) in [7, 11) is 0. The fourth-order valence-corrected chi connectivity index (χ4v) is 3.10. The van der Waals surface area contributed by atoms with Crippen molar-refractivity contribution in [2.45, 2.75) is 66.8 Å². The van der Waals surface area contributed by atoms with Crippen LogP contribution in [0.1, 0.15) is 63.0 Å². The quantitative estimate of drug-likeness (QED) is 0.678. The summed E-state index contributed by atoms with van der Waals surface area (Å²) in [5, 5.41) is 4.84. The largest absolute Gasteiger partial charge is 0.312 e. The molecule has 2 nitrogen and oxygen atoms in total. The van der Waals surface area contributed by atoms with E-state index in [-0.39, 0.29) is 0 Å². The molecule has 0 aromatic carbocycles. The van der Waals surface area contributed by atoms with Crippen LogP contribution in [0.25, 0.3) is 0 Å². The molecule has 0 atom stereocenters. The Morgan fingerprint density at radius 1 is 1.16 bits per heavy atom. The van der Waals surface area contributed by atoms with Crippen molar-refractivity contribution in [2.24, 2.45) is 11.8 Å². The molecule has 1 N–H and O–H groups in total. The lowest BCUT2D eigenvalue weighted by molar-refractivity contribution is 0.582. The number of aryl methyl sites for hydroxylation is 1. The normalized spacial score (nSPS) is 11.7. The molecule has 0 radical (unpaired) electrons. The molecular weight excluding hydrogens is 252 g/mol. The summed E-state index contributed by atoms with van der Waals surface area (Å²) in [4.78, 5) is 6.34. The van der Waals surface area contributed by atoms with E-state index in [0.29, 0.717) is 5.92 Å². The van der Waals surface area contributed by atoms with E-state index in [9.17, 15) is 0 Å². The molecule has 19 heavy (non-hydrogen) atoms. The molecule has 3 heteroatoms. The van der Waals surface area contributed by atoms with Crippen molar-refractivity contribution in [1.82, 2.24) is 10.3 Å². The maximum absolute atomic E-state index is 4.88. The monoisotopic (exact) mass is 282 g/mol. The average molecular weight is 282 g/mol. The van der Waals surface area contributed by atoms with Gasteiger partial charge in [0.1, 0.15) is 0 Å². The molecule has 0 aliphatic carbocycles. The predicted molar refractivity (Wildman–Crippen MR) is 85.8 cm³/mol. The van der Waals surface area contributed by atoms with Gasteiger partial charge in [-0.1, -0.05) is 34.6 Å². The molecule has 0 aliphatic rings. The molecule has 1 aromatic heterocycles.